The first-order valence-corrected chi connectivity index (χ1v) is 13.2. The number of benzene rings is 2. The van der Waals surface area contributed by atoms with Gasteiger partial charge in [0.05, 0.1) is 26.5 Å². The Morgan fingerprint density at radius 2 is 1.73 bits per heavy atom. The third-order valence-corrected chi connectivity index (χ3v) is 9.54. The average molecular weight is 545 g/mol. The van der Waals surface area contributed by atoms with Crippen molar-refractivity contribution in [1.29, 1.82) is 0 Å². The van der Waals surface area contributed by atoms with Gasteiger partial charge in [0.25, 0.3) is 10.0 Å². The molecule has 180 valence electrons. The third-order valence-electron chi connectivity index (χ3n) is 4.98. The molecule has 1 aliphatic rings. The number of ketones is 1. The second kappa shape index (κ2) is 9.56. The predicted octanol–water partition coefficient (Wildman–Crippen LogP) is 4.94. The fraction of sp³-hybridized carbons (Fsp3) is 0.316. The standard InChI is InChI=1S/C19H18Cl2F3N2O5PS/c1-31-32(28,26-8-6-13(27)7-9-26)18-5-2-12(20)10-17(18)25-33(29,30)14-3-4-16(21)15(11-14)19(22,23)24/h2-5,10-11,25H,6-9H2,1H3. The largest absolute Gasteiger partial charge is 0.417 e. The molecule has 2 aromatic rings. The maximum absolute atomic E-state index is 13.8. The number of nitrogens with one attached hydrogen (secondary N) is 1. The molecule has 1 saturated heterocycles. The summed E-state index contributed by atoms with van der Waals surface area (Å²) in [4.78, 5) is 10.9. The Morgan fingerprint density at radius 3 is 2.30 bits per heavy atom. The van der Waals surface area contributed by atoms with Crippen molar-refractivity contribution >= 4 is 57.5 Å². The summed E-state index contributed by atoms with van der Waals surface area (Å²) in [5, 5.41) is -0.634. The molecule has 0 radical (unpaired) electrons. The van der Waals surface area contributed by atoms with E-state index in [0.29, 0.717) is 6.07 Å². The van der Waals surface area contributed by atoms with Gasteiger partial charge < -0.3 is 4.52 Å². The Kier molecular flexibility index (Phi) is 7.53. The van der Waals surface area contributed by atoms with Gasteiger partial charge in [-0.15, -0.1) is 0 Å². The minimum absolute atomic E-state index is 0.00542. The summed E-state index contributed by atoms with van der Waals surface area (Å²) in [6, 6.07) is 6.00. The second-order valence-electron chi connectivity index (χ2n) is 7.10. The van der Waals surface area contributed by atoms with Crippen LogP contribution in [0.25, 0.3) is 0 Å². The number of anilines is 1. The molecule has 0 aromatic heterocycles. The Hall–Kier alpha value is -1.62. The zero-order valence-electron chi connectivity index (χ0n) is 17.0. The third kappa shape index (κ3) is 5.55. The normalized spacial score (nSPS) is 17.6. The number of carbonyl (C=O) groups excluding carboxylic acids is 1. The van der Waals surface area contributed by atoms with Crippen molar-refractivity contribution in [1.82, 2.24) is 4.67 Å². The molecular formula is C19H18Cl2F3N2O5PS. The summed E-state index contributed by atoms with van der Waals surface area (Å²) in [6.45, 7) is 0.260. The molecule has 0 saturated carbocycles. The molecule has 2 aromatic carbocycles. The van der Waals surface area contributed by atoms with E-state index in [-0.39, 0.29) is 47.7 Å². The highest BCUT2D eigenvalue weighted by Gasteiger charge is 2.39. The van der Waals surface area contributed by atoms with Crippen molar-refractivity contribution in [2.45, 2.75) is 23.9 Å². The number of sulfonamides is 1. The fourth-order valence-electron chi connectivity index (χ4n) is 3.30. The molecule has 1 fully saturated rings. The van der Waals surface area contributed by atoms with Crippen LogP contribution in [0.15, 0.2) is 41.3 Å². The zero-order chi connectivity index (χ0) is 24.6. The monoisotopic (exact) mass is 544 g/mol. The molecule has 1 unspecified atom stereocenters. The molecule has 14 heteroatoms. The van der Waals surface area contributed by atoms with Crippen molar-refractivity contribution in [3.63, 3.8) is 0 Å². The zero-order valence-corrected chi connectivity index (χ0v) is 20.2. The number of nitrogens with zero attached hydrogens (tertiary/aromatic N) is 1. The maximum atomic E-state index is 13.8. The van der Waals surface area contributed by atoms with Crippen LogP contribution in [0.1, 0.15) is 18.4 Å². The first kappa shape index (κ1) is 26.0. The first-order chi connectivity index (χ1) is 15.3. The molecule has 7 nitrogen and oxygen atoms in total. The van der Waals surface area contributed by atoms with E-state index in [2.05, 4.69) is 4.72 Å². The molecule has 1 atom stereocenters. The van der Waals surface area contributed by atoms with Gasteiger partial charge in [-0.05, 0) is 36.4 Å². The van der Waals surface area contributed by atoms with Crippen molar-refractivity contribution in [2.24, 2.45) is 0 Å². The second-order valence-corrected chi connectivity index (χ2v) is 12.1. The van der Waals surface area contributed by atoms with Crippen LogP contribution in [0.5, 0.6) is 0 Å². The lowest BCUT2D eigenvalue weighted by Gasteiger charge is -2.33. The Balaban J connectivity index is 2.05. The molecule has 0 spiro atoms. The smallest absolute Gasteiger partial charge is 0.317 e. The molecule has 1 N–H and O–H groups in total. The first-order valence-electron chi connectivity index (χ1n) is 9.40. The number of Topliss-reactive ketones (excluding diaryl/α,β-unsaturated/α-hetero) is 1. The van der Waals surface area contributed by atoms with Gasteiger partial charge in [-0.2, -0.15) is 13.2 Å². The summed E-state index contributed by atoms with van der Waals surface area (Å²) < 4.78 is 88.2. The summed E-state index contributed by atoms with van der Waals surface area (Å²) in [6.07, 6.45) is -4.58. The van der Waals surface area contributed by atoms with Gasteiger partial charge in [-0.25, -0.2) is 13.1 Å². The van der Waals surface area contributed by atoms with E-state index >= 15 is 0 Å². The highest BCUT2D eigenvalue weighted by molar-refractivity contribution is 7.92. The summed E-state index contributed by atoms with van der Waals surface area (Å²) in [5.74, 6) is -0.00542. The molecule has 1 heterocycles. The van der Waals surface area contributed by atoms with Crippen molar-refractivity contribution in [3.8, 4) is 0 Å². The molecule has 1 aliphatic heterocycles. The lowest BCUT2D eigenvalue weighted by molar-refractivity contribution is -0.137. The number of hydrogen-bond acceptors (Lipinski definition) is 5. The van der Waals surface area contributed by atoms with E-state index in [1.165, 1.54) is 30.0 Å². The van der Waals surface area contributed by atoms with Crippen LogP contribution in [-0.2, 0) is 30.1 Å². The van der Waals surface area contributed by atoms with E-state index in [1.54, 1.807) is 0 Å². The molecule has 3 rings (SSSR count). The fourth-order valence-corrected chi connectivity index (χ4v) is 7.02. The van der Waals surface area contributed by atoms with Crippen LogP contribution in [0.4, 0.5) is 18.9 Å². The van der Waals surface area contributed by atoms with Gasteiger partial charge in [0.2, 0.25) is 0 Å². The van der Waals surface area contributed by atoms with Gasteiger partial charge in [-0.1, -0.05) is 23.2 Å². The topological polar surface area (TPSA) is 92.8 Å². The van der Waals surface area contributed by atoms with Crippen LogP contribution in [0.3, 0.4) is 0 Å². The van der Waals surface area contributed by atoms with E-state index in [9.17, 15) is 30.9 Å². The summed E-state index contributed by atoms with van der Waals surface area (Å²) >= 11 is 11.6. The molecule has 0 bridgehead atoms. The number of rotatable bonds is 6. The Morgan fingerprint density at radius 1 is 1.09 bits per heavy atom. The minimum atomic E-state index is -4.87. The number of piperidine rings is 1. The molecule has 0 aliphatic carbocycles. The highest BCUT2D eigenvalue weighted by atomic mass is 35.5. The number of carbonyl (C=O) groups is 1. The van der Waals surface area contributed by atoms with Gasteiger partial charge >= 0.3 is 13.7 Å². The van der Waals surface area contributed by atoms with E-state index in [1.807, 2.05) is 0 Å². The number of halogens is 5. The maximum Gasteiger partial charge on any atom is 0.417 e. The van der Waals surface area contributed by atoms with Crippen molar-refractivity contribution in [3.05, 3.63) is 52.0 Å². The Labute approximate surface area is 198 Å². The minimum Gasteiger partial charge on any atom is -0.317 e. The van der Waals surface area contributed by atoms with Crippen LogP contribution < -0.4 is 10.0 Å². The van der Waals surface area contributed by atoms with E-state index in [4.69, 9.17) is 27.7 Å². The van der Waals surface area contributed by atoms with E-state index < -0.39 is 39.2 Å². The van der Waals surface area contributed by atoms with Crippen molar-refractivity contribution < 1.29 is 35.5 Å². The molecular weight excluding hydrogens is 527 g/mol. The molecule has 0 amide bonds. The van der Waals surface area contributed by atoms with E-state index in [0.717, 1.165) is 12.1 Å². The van der Waals surface area contributed by atoms with Gasteiger partial charge in [0.15, 0.2) is 0 Å². The quantitative estimate of drug-likeness (QED) is 0.517. The van der Waals surface area contributed by atoms with Crippen molar-refractivity contribution in [2.75, 3.05) is 24.9 Å². The average Bonchev–Trinajstić information content (AvgIpc) is 2.73. The SMILES string of the molecule is COP(=O)(c1ccc(Cl)cc1NS(=O)(=O)c1ccc(Cl)c(C(F)(F)F)c1)N1CCC(=O)CC1. The Bertz CT molecular complexity index is 1230. The predicted molar refractivity (Wildman–Crippen MR) is 119 cm³/mol. The lowest BCUT2D eigenvalue weighted by Crippen LogP contribution is -2.36. The van der Waals surface area contributed by atoms with Crippen LogP contribution in [0, 0.1) is 0 Å². The lowest BCUT2D eigenvalue weighted by atomic mass is 10.1. The van der Waals surface area contributed by atoms with Crippen LogP contribution in [0.2, 0.25) is 10.0 Å². The van der Waals surface area contributed by atoms with Crippen LogP contribution in [-0.4, -0.2) is 39.1 Å². The number of hydrogen-bond donors (Lipinski definition) is 1. The van der Waals surface area contributed by atoms with Crippen LogP contribution >= 0.6 is 30.7 Å². The van der Waals surface area contributed by atoms with Gasteiger partial charge in [0.1, 0.15) is 5.78 Å². The summed E-state index contributed by atoms with van der Waals surface area (Å²) in [7, 11) is -7.24. The number of alkyl halides is 3. The summed E-state index contributed by atoms with van der Waals surface area (Å²) in [5.41, 5.74) is -1.55. The van der Waals surface area contributed by atoms with Gasteiger partial charge in [0, 0.05) is 38.1 Å². The van der Waals surface area contributed by atoms with Gasteiger partial charge in [-0.3, -0.25) is 14.1 Å². The highest BCUT2D eigenvalue weighted by Crippen LogP contribution is 2.52. The molecule has 33 heavy (non-hydrogen) atoms.